The molecule has 1 aromatic carbocycles. The largest absolute Gasteiger partial charge is 0.493 e. The SMILES string of the molecule is CCCOc1ccc(Br)cc1CNCc1ccco1. The molecule has 102 valence electrons. The average Bonchev–Trinajstić information content (AvgIpc) is 2.91. The summed E-state index contributed by atoms with van der Waals surface area (Å²) in [5.74, 6) is 1.88. The molecule has 3 nitrogen and oxygen atoms in total. The fourth-order valence-electron chi connectivity index (χ4n) is 1.77. The van der Waals surface area contributed by atoms with Gasteiger partial charge in [-0.25, -0.2) is 0 Å². The number of rotatable bonds is 7. The van der Waals surface area contributed by atoms with Crippen molar-refractivity contribution < 1.29 is 9.15 Å². The van der Waals surface area contributed by atoms with Crippen LogP contribution in [0.25, 0.3) is 0 Å². The number of ether oxygens (including phenoxy) is 1. The first-order chi connectivity index (χ1) is 9.29. The summed E-state index contributed by atoms with van der Waals surface area (Å²) in [6.45, 7) is 4.31. The van der Waals surface area contributed by atoms with Crippen molar-refractivity contribution in [2.45, 2.75) is 26.4 Å². The minimum Gasteiger partial charge on any atom is -0.493 e. The number of halogens is 1. The van der Waals surface area contributed by atoms with Gasteiger partial charge in [0.05, 0.1) is 19.4 Å². The van der Waals surface area contributed by atoms with Crippen molar-refractivity contribution >= 4 is 15.9 Å². The van der Waals surface area contributed by atoms with Gasteiger partial charge in [-0.1, -0.05) is 22.9 Å². The van der Waals surface area contributed by atoms with Crippen molar-refractivity contribution in [1.29, 1.82) is 0 Å². The van der Waals surface area contributed by atoms with E-state index in [1.54, 1.807) is 6.26 Å². The van der Waals surface area contributed by atoms with Gasteiger partial charge < -0.3 is 14.5 Å². The zero-order chi connectivity index (χ0) is 13.5. The highest BCUT2D eigenvalue weighted by atomic mass is 79.9. The second-order valence-corrected chi connectivity index (χ2v) is 5.20. The zero-order valence-corrected chi connectivity index (χ0v) is 12.6. The third-order valence-electron chi connectivity index (χ3n) is 2.68. The molecule has 0 bridgehead atoms. The molecule has 0 aliphatic carbocycles. The van der Waals surface area contributed by atoms with E-state index in [2.05, 4.69) is 34.2 Å². The summed E-state index contributed by atoms with van der Waals surface area (Å²) in [7, 11) is 0. The van der Waals surface area contributed by atoms with Crippen LogP contribution < -0.4 is 10.1 Å². The van der Waals surface area contributed by atoms with Crippen LogP contribution >= 0.6 is 15.9 Å². The van der Waals surface area contributed by atoms with Gasteiger partial charge in [0.25, 0.3) is 0 Å². The molecule has 1 aromatic heterocycles. The Morgan fingerprint density at radius 2 is 2.16 bits per heavy atom. The molecule has 0 amide bonds. The lowest BCUT2D eigenvalue weighted by Crippen LogP contribution is -2.13. The van der Waals surface area contributed by atoms with Gasteiger partial charge >= 0.3 is 0 Å². The topological polar surface area (TPSA) is 34.4 Å². The van der Waals surface area contributed by atoms with Crippen molar-refractivity contribution in [3.63, 3.8) is 0 Å². The maximum Gasteiger partial charge on any atom is 0.123 e. The van der Waals surface area contributed by atoms with E-state index in [0.717, 1.165) is 41.1 Å². The molecule has 2 aromatic rings. The Morgan fingerprint density at radius 3 is 2.89 bits per heavy atom. The van der Waals surface area contributed by atoms with Gasteiger partial charge in [-0.05, 0) is 36.8 Å². The van der Waals surface area contributed by atoms with Gasteiger partial charge in [0.15, 0.2) is 0 Å². The molecular formula is C15H18BrNO2. The standard InChI is InChI=1S/C15H18BrNO2/c1-2-7-19-15-6-5-13(16)9-12(15)10-17-11-14-4-3-8-18-14/h3-6,8-9,17H,2,7,10-11H2,1H3. The van der Waals surface area contributed by atoms with Gasteiger partial charge in [-0.15, -0.1) is 0 Å². The van der Waals surface area contributed by atoms with Crippen LogP contribution in [0.4, 0.5) is 0 Å². The smallest absolute Gasteiger partial charge is 0.123 e. The highest BCUT2D eigenvalue weighted by molar-refractivity contribution is 9.10. The van der Waals surface area contributed by atoms with Crippen LogP contribution in [0.1, 0.15) is 24.7 Å². The number of hydrogen-bond acceptors (Lipinski definition) is 3. The van der Waals surface area contributed by atoms with Gasteiger partial charge in [-0.3, -0.25) is 0 Å². The number of nitrogens with one attached hydrogen (secondary N) is 1. The number of furan rings is 1. The monoisotopic (exact) mass is 323 g/mol. The molecular weight excluding hydrogens is 306 g/mol. The lowest BCUT2D eigenvalue weighted by Gasteiger charge is -2.12. The molecule has 0 fully saturated rings. The Bertz CT molecular complexity index is 497. The average molecular weight is 324 g/mol. The second-order valence-electron chi connectivity index (χ2n) is 4.28. The normalized spacial score (nSPS) is 10.6. The molecule has 0 aliphatic rings. The van der Waals surface area contributed by atoms with Crippen LogP contribution in [0.15, 0.2) is 45.5 Å². The first-order valence-corrected chi connectivity index (χ1v) is 7.23. The van der Waals surface area contributed by atoms with Crippen LogP contribution in [0, 0.1) is 0 Å². The summed E-state index contributed by atoms with van der Waals surface area (Å²) in [5, 5.41) is 3.35. The molecule has 1 N–H and O–H groups in total. The molecule has 0 spiro atoms. The van der Waals surface area contributed by atoms with Crippen LogP contribution in [0.3, 0.4) is 0 Å². The lowest BCUT2D eigenvalue weighted by atomic mass is 10.2. The van der Waals surface area contributed by atoms with Crippen molar-refractivity contribution in [3.8, 4) is 5.75 Å². The van der Waals surface area contributed by atoms with E-state index in [1.807, 2.05) is 24.3 Å². The fourth-order valence-corrected chi connectivity index (χ4v) is 2.18. The third-order valence-corrected chi connectivity index (χ3v) is 3.17. The highest BCUT2D eigenvalue weighted by Gasteiger charge is 2.05. The molecule has 4 heteroatoms. The third kappa shape index (κ3) is 4.40. The molecule has 0 radical (unpaired) electrons. The first-order valence-electron chi connectivity index (χ1n) is 6.44. The molecule has 0 saturated carbocycles. The van der Waals surface area contributed by atoms with Crippen LogP contribution in [0.5, 0.6) is 5.75 Å². The van der Waals surface area contributed by atoms with E-state index in [4.69, 9.17) is 9.15 Å². The first kappa shape index (κ1) is 14.2. The Labute approximate surface area is 122 Å². The quantitative estimate of drug-likeness (QED) is 0.832. The zero-order valence-electron chi connectivity index (χ0n) is 11.0. The minimum absolute atomic E-state index is 0.715. The van der Waals surface area contributed by atoms with Gasteiger partial charge in [0.2, 0.25) is 0 Å². The predicted octanol–water partition coefficient (Wildman–Crippen LogP) is 4.12. The summed E-state index contributed by atoms with van der Waals surface area (Å²) in [6, 6.07) is 9.94. The Balaban J connectivity index is 1.95. The highest BCUT2D eigenvalue weighted by Crippen LogP contribution is 2.23. The van der Waals surface area contributed by atoms with E-state index in [0.29, 0.717) is 6.54 Å². The Morgan fingerprint density at radius 1 is 1.26 bits per heavy atom. The van der Waals surface area contributed by atoms with Crippen molar-refractivity contribution in [1.82, 2.24) is 5.32 Å². The maximum atomic E-state index is 5.74. The number of benzene rings is 1. The molecule has 0 unspecified atom stereocenters. The van der Waals surface area contributed by atoms with Crippen molar-refractivity contribution in [2.24, 2.45) is 0 Å². The number of hydrogen-bond donors (Lipinski definition) is 1. The van der Waals surface area contributed by atoms with E-state index < -0.39 is 0 Å². The van der Waals surface area contributed by atoms with Crippen LogP contribution in [0.2, 0.25) is 0 Å². The van der Waals surface area contributed by atoms with Crippen molar-refractivity contribution in [2.75, 3.05) is 6.61 Å². The van der Waals surface area contributed by atoms with Crippen molar-refractivity contribution in [3.05, 3.63) is 52.4 Å². The molecule has 0 saturated heterocycles. The summed E-state index contributed by atoms with van der Waals surface area (Å²) >= 11 is 3.49. The van der Waals surface area contributed by atoms with Gasteiger partial charge in [-0.2, -0.15) is 0 Å². The molecule has 0 atom stereocenters. The summed E-state index contributed by atoms with van der Waals surface area (Å²) in [4.78, 5) is 0. The maximum absolute atomic E-state index is 5.74. The van der Waals surface area contributed by atoms with Crippen LogP contribution in [-0.2, 0) is 13.1 Å². The van der Waals surface area contributed by atoms with E-state index >= 15 is 0 Å². The summed E-state index contributed by atoms with van der Waals surface area (Å²) in [6.07, 6.45) is 2.70. The van der Waals surface area contributed by atoms with E-state index in [9.17, 15) is 0 Å². The van der Waals surface area contributed by atoms with Gasteiger partial charge in [0.1, 0.15) is 11.5 Å². The fraction of sp³-hybridized carbons (Fsp3) is 0.333. The van der Waals surface area contributed by atoms with Crippen LogP contribution in [-0.4, -0.2) is 6.61 Å². The molecule has 0 aliphatic heterocycles. The van der Waals surface area contributed by atoms with Gasteiger partial charge in [0, 0.05) is 16.6 Å². The van der Waals surface area contributed by atoms with E-state index in [1.165, 1.54) is 0 Å². The summed E-state index contributed by atoms with van der Waals surface area (Å²) in [5.41, 5.74) is 1.15. The predicted molar refractivity (Wildman–Crippen MR) is 79.2 cm³/mol. The molecule has 19 heavy (non-hydrogen) atoms. The summed E-state index contributed by atoms with van der Waals surface area (Å²) < 4.78 is 12.1. The van der Waals surface area contributed by atoms with E-state index in [-0.39, 0.29) is 0 Å². The molecule has 1 heterocycles. The Kier molecular flexibility index (Phi) is 5.48. The lowest BCUT2D eigenvalue weighted by molar-refractivity contribution is 0.313. The minimum atomic E-state index is 0.715. The molecule has 2 rings (SSSR count). The Hall–Kier alpha value is -1.26. The second kappa shape index (κ2) is 7.36.